The summed E-state index contributed by atoms with van der Waals surface area (Å²) in [6.45, 7) is 5.36. The van der Waals surface area contributed by atoms with E-state index in [-0.39, 0.29) is 11.9 Å². The lowest BCUT2D eigenvalue weighted by atomic mass is 10.0. The summed E-state index contributed by atoms with van der Waals surface area (Å²) in [7, 11) is 0. The van der Waals surface area contributed by atoms with Crippen molar-refractivity contribution in [1.82, 2.24) is 9.97 Å². The van der Waals surface area contributed by atoms with Crippen LogP contribution in [0.3, 0.4) is 0 Å². The largest absolute Gasteiger partial charge is 0.481 e. The zero-order chi connectivity index (χ0) is 13.1. The highest BCUT2D eigenvalue weighted by molar-refractivity contribution is 5.67. The summed E-state index contributed by atoms with van der Waals surface area (Å²) in [6, 6.07) is 0. The Kier molecular flexibility index (Phi) is 6.00. The Labute approximate surface area is 106 Å². The predicted molar refractivity (Wildman–Crippen MR) is 67.4 cm³/mol. The Morgan fingerprint density at radius 1 is 1.39 bits per heavy atom. The first-order chi connectivity index (χ1) is 7.84. The molecular weight excluding hydrogens is 236 g/mol. The number of hydrogen-bond donors (Lipinski definition) is 3. The monoisotopic (exact) mass is 258 g/mol. The maximum atomic E-state index is 10.6. The molecule has 0 saturated heterocycles. The van der Waals surface area contributed by atoms with Crippen molar-refractivity contribution in [2.24, 2.45) is 0 Å². The van der Waals surface area contributed by atoms with Crippen LogP contribution in [0.25, 0.3) is 0 Å². The van der Waals surface area contributed by atoms with Crippen LogP contribution >= 0.6 is 0 Å². The van der Waals surface area contributed by atoms with Crippen molar-refractivity contribution in [3.8, 4) is 0 Å². The number of carbonyl (C=O) groups is 1. The SMILES string of the molecule is CCCc1nc(C(C)(C)O)c(CCC(=O)O)[nH]1.O. The second-order valence-electron chi connectivity index (χ2n) is 4.71. The van der Waals surface area contributed by atoms with Gasteiger partial charge in [-0.15, -0.1) is 0 Å². The Bertz CT molecular complexity index is 393. The average molecular weight is 258 g/mol. The Hall–Kier alpha value is -1.40. The van der Waals surface area contributed by atoms with E-state index in [1.165, 1.54) is 0 Å². The molecular formula is C12H22N2O4. The van der Waals surface area contributed by atoms with Crippen LogP contribution in [-0.2, 0) is 23.2 Å². The minimum atomic E-state index is -1.05. The molecule has 5 N–H and O–H groups in total. The Morgan fingerprint density at radius 2 is 2.00 bits per heavy atom. The van der Waals surface area contributed by atoms with Crippen LogP contribution in [0.2, 0.25) is 0 Å². The lowest BCUT2D eigenvalue weighted by Crippen LogP contribution is -2.18. The van der Waals surface area contributed by atoms with E-state index < -0.39 is 11.6 Å². The Morgan fingerprint density at radius 3 is 2.44 bits per heavy atom. The number of aliphatic carboxylic acids is 1. The van der Waals surface area contributed by atoms with Crippen molar-refractivity contribution < 1.29 is 20.5 Å². The zero-order valence-electron chi connectivity index (χ0n) is 11.1. The number of imidazole rings is 1. The maximum Gasteiger partial charge on any atom is 0.303 e. The molecule has 6 nitrogen and oxygen atoms in total. The molecule has 0 aliphatic heterocycles. The van der Waals surface area contributed by atoms with Gasteiger partial charge in [0.05, 0.1) is 12.1 Å². The molecule has 0 amide bonds. The van der Waals surface area contributed by atoms with Gasteiger partial charge in [-0.3, -0.25) is 4.79 Å². The van der Waals surface area contributed by atoms with Crippen LogP contribution < -0.4 is 0 Å². The first-order valence-corrected chi connectivity index (χ1v) is 5.87. The summed E-state index contributed by atoms with van der Waals surface area (Å²) in [4.78, 5) is 18.0. The molecule has 6 heteroatoms. The molecule has 18 heavy (non-hydrogen) atoms. The fourth-order valence-electron chi connectivity index (χ4n) is 1.74. The third kappa shape index (κ3) is 4.46. The average Bonchev–Trinajstić information content (AvgIpc) is 2.58. The van der Waals surface area contributed by atoms with Crippen molar-refractivity contribution in [2.45, 2.75) is 52.1 Å². The highest BCUT2D eigenvalue weighted by atomic mass is 16.4. The van der Waals surface area contributed by atoms with Gasteiger partial charge in [-0.1, -0.05) is 6.92 Å². The molecule has 0 bridgehead atoms. The fraction of sp³-hybridized carbons (Fsp3) is 0.667. The number of H-pyrrole nitrogens is 1. The molecule has 0 radical (unpaired) electrons. The number of aryl methyl sites for hydroxylation is 2. The molecule has 0 aliphatic rings. The van der Waals surface area contributed by atoms with Crippen molar-refractivity contribution in [3.05, 3.63) is 17.2 Å². The van der Waals surface area contributed by atoms with Crippen LogP contribution in [0.15, 0.2) is 0 Å². The highest BCUT2D eigenvalue weighted by Crippen LogP contribution is 2.23. The number of aromatic amines is 1. The van der Waals surface area contributed by atoms with Crippen molar-refractivity contribution in [1.29, 1.82) is 0 Å². The second kappa shape index (κ2) is 6.51. The Balaban J connectivity index is 0.00000289. The molecule has 0 spiro atoms. The van der Waals surface area contributed by atoms with Gasteiger partial charge in [0, 0.05) is 12.1 Å². The first kappa shape index (κ1) is 16.6. The summed E-state index contributed by atoms with van der Waals surface area (Å²) in [6.07, 6.45) is 2.16. The molecule has 0 fully saturated rings. The molecule has 104 valence electrons. The smallest absolute Gasteiger partial charge is 0.303 e. The van der Waals surface area contributed by atoms with Crippen molar-refractivity contribution in [3.63, 3.8) is 0 Å². The minimum Gasteiger partial charge on any atom is -0.481 e. The highest BCUT2D eigenvalue weighted by Gasteiger charge is 2.24. The van der Waals surface area contributed by atoms with E-state index in [0.717, 1.165) is 24.4 Å². The molecule has 0 unspecified atom stereocenters. The first-order valence-electron chi connectivity index (χ1n) is 5.87. The van der Waals surface area contributed by atoms with Crippen LogP contribution in [0.5, 0.6) is 0 Å². The van der Waals surface area contributed by atoms with Gasteiger partial charge in [-0.2, -0.15) is 0 Å². The molecule has 1 aromatic rings. The summed E-state index contributed by atoms with van der Waals surface area (Å²) >= 11 is 0. The van der Waals surface area contributed by atoms with Crippen LogP contribution in [0, 0.1) is 0 Å². The molecule has 1 rings (SSSR count). The van der Waals surface area contributed by atoms with Gasteiger partial charge < -0.3 is 20.7 Å². The second-order valence-corrected chi connectivity index (χ2v) is 4.71. The number of rotatable bonds is 6. The van der Waals surface area contributed by atoms with Gasteiger partial charge >= 0.3 is 5.97 Å². The number of aromatic nitrogens is 2. The van der Waals surface area contributed by atoms with Gasteiger partial charge in [0.2, 0.25) is 0 Å². The van der Waals surface area contributed by atoms with Gasteiger partial charge in [0.1, 0.15) is 11.4 Å². The summed E-state index contributed by atoms with van der Waals surface area (Å²) in [5.41, 5.74) is 0.238. The molecule has 0 aliphatic carbocycles. The summed E-state index contributed by atoms with van der Waals surface area (Å²) < 4.78 is 0. The van der Waals surface area contributed by atoms with E-state index in [9.17, 15) is 9.90 Å². The van der Waals surface area contributed by atoms with E-state index in [0.29, 0.717) is 12.1 Å². The number of nitrogens with zero attached hydrogens (tertiary/aromatic N) is 1. The van der Waals surface area contributed by atoms with Crippen LogP contribution in [0.1, 0.15) is 50.8 Å². The standard InChI is InChI=1S/C12H20N2O3.H2O/c1-4-5-9-13-8(6-7-10(15)16)11(14-9)12(2,3)17;/h17H,4-7H2,1-3H3,(H,13,14)(H,15,16);1H2. The fourth-order valence-corrected chi connectivity index (χ4v) is 1.74. The van der Waals surface area contributed by atoms with Gasteiger partial charge in [0.15, 0.2) is 0 Å². The van der Waals surface area contributed by atoms with Crippen LogP contribution in [-0.4, -0.2) is 31.6 Å². The quantitative estimate of drug-likeness (QED) is 0.698. The third-order valence-electron chi connectivity index (χ3n) is 2.48. The molecule has 1 aromatic heterocycles. The predicted octanol–water partition coefficient (Wildman–Crippen LogP) is 0.782. The van der Waals surface area contributed by atoms with Crippen molar-refractivity contribution >= 4 is 5.97 Å². The zero-order valence-corrected chi connectivity index (χ0v) is 11.1. The maximum absolute atomic E-state index is 10.6. The van der Waals surface area contributed by atoms with Gasteiger partial charge in [-0.25, -0.2) is 4.98 Å². The summed E-state index contributed by atoms with van der Waals surface area (Å²) in [5, 5.41) is 18.7. The van der Waals surface area contributed by atoms with Gasteiger partial charge in [-0.05, 0) is 26.7 Å². The van der Waals surface area contributed by atoms with E-state index >= 15 is 0 Å². The topological polar surface area (TPSA) is 118 Å². The number of carboxylic acid groups (broad SMARTS) is 1. The minimum absolute atomic E-state index is 0. The normalized spacial score (nSPS) is 11.1. The van der Waals surface area contributed by atoms with E-state index in [2.05, 4.69) is 9.97 Å². The number of nitrogens with one attached hydrogen (secondary N) is 1. The summed E-state index contributed by atoms with van der Waals surface area (Å²) in [5.74, 6) is -0.0386. The number of carboxylic acids is 1. The van der Waals surface area contributed by atoms with Crippen molar-refractivity contribution in [2.75, 3.05) is 0 Å². The van der Waals surface area contributed by atoms with E-state index in [4.69, 9.17) is 5.11 Å². The number of hydrogen-bond acceptors (Lipinski definition) is 3. The van der Waals surface area contributed by atoms with E-state index in [1.807, 2.05) is 6.92 Å². The van der Waals surface area contributed by atoms with Gasteiger partial charge in [0.25, 0.3) is 0 Å². The lowest BCUT2D eigenvalue weighted by molar-refractivity contribution is -0.137. The molecule has 1 heterocycles. The third-order valence-corrected chi connectivity index (χ3v) is 2.48. The number of aliphatic hydroxyl groups is 1. The van der Waals surface area contributed by atoms with E-state index in [1.54, 1.807) is 13.8 Å². The van der Waals surface area contributed by atoms with Crippen LogP contribution in [0.4, 0.5) is 0 Å². The molecule has 0 saturated carbocycles. The molecule has 0 atom stereocenters. The molecule has 0 aromatic carbocycles. The lowest BCUT2D eigenvalue weighted by Gasteiger charge is -2.16.